The van der Waals surface area contributed by atoms with Gasteiger partial charge in [-0.25, -0.2) is 0 Å². The molecule has 1 aromatic carbocycles. The van der Waals surface area contributed by atoms with Crippen molar-refractivity contribution < 1.29 is 17.9 Å². The van der Waals surface area contributed by atoms with Gasteiger partial charge in [-0.15, -0.1) is 0 Å². The lowest BCUT2D eigenvalue weighted by Crippen LogP contribution is -2.30. The van der Waals surface area contributed by atoms with Crippen molar-refractivity contribution in [2.45, 2.75) is 25.1 Å². The van der Waals surface area contributed by atoms with Gasteiger partial charge in [0.05, 0.1) is 17.7 Å². The first-order chi connectivity index (χ1) is 10.0. The fourth-order valence-corrected chi connectivity index (χ4v) is 2.52. The number of rotatable bonds is 2. The number of anilines is 1. The molecule has 2 aromatic rings. The van der Waals surface area contributed by atoms with Gasteiger partial charge in [-0.05, 0) is 31.0 Å². The van der Waals surface area contributed by atoms with Gasteiger partial charge in [0.2, 0.25) is 0 Å². The van der Waals surface area contributed by atoms with E-state index in [-0.39, 0.29) is 6.04 Å². The number of hydrogen-bond donors (Lipinski definition) is 1. The predicted octanol–water partition coefficient (Wildman–Crippen LogP) is 3.84. The maximum Gasteiger partial charge on any atom is 0.416 e. The Morgan fingerprint density at radius 3 is 2.81 bits per heavy atom. The van der Waals surface area contributed by atoms with Crippen LogP contribution in [0.2, 0.25) is 0 Å². The average Bonchev–Trinajstić information content (AvgIpc) is 2.47. The smallest absolute Gasteiger partial charge is 0.379 e. The summed E-state index contributed by atoms with van der Waals surface area (Å²) in [6.45, 7) is 1.38. The summed E-state index contributed by atoms with van der Waals surface area (Å²) in [5, 5.41) is 4.03. The third-order valence-corrected chi connectivity index (χ3v) is 3.59. The van der Waals surface area contributed by atoms with Crippen molar-refractivity contribution in [3.8, 4) is 0 Å². The van der Waals surface area contributed by atoms with E-state index >= 15 is 0 Å². The Kier molecular flexibility index (Phi) is 3.71. The zero-order valence-electron chi connectivity index (χ0n) is 11.3. The molecule has 3 rings (SSSR count). The summed E-state index contributed by atoms with van der Waals surface area (Å²) in [4.78, 5) is 4.04. The van der Waals surface area contributed by atoms with Crippen molar-refractivity contribution in [1.82, 2.24) is 4.98 Å². The van der Waals surface area contributed by atoms with Crippen molar-refractivity contribution in [1.29, 1.82) is 0 Å². The van der Waals surface area contributed by atoms with Gasteiger partial charge in [0, 0.05) is 29.9 Å². The van der Waals surface area contributed by atoms with Crippen LogP contribution in [-0.4, -0.2) is 24.2 Å². The van der Waals surface area contributed by atoms with Gasteiger partial charge in [-0.3, -0.25) is 4.98 Å². The number of ether oxygens (including phenoxy) is 1. The van der Waals surface area contributed by atoms with E-state index in [1.807, 2.05) is 0 Å². The minimum Gasteiger partial charge on any atom is -0.379 e. The highest BCUT2D eigenvalue weighted by atomic mass is 19.4. The summed E-state index contributed by atoms with van der Waals surface area (Å²) in [5.74, 6) is 0. The Labute approximate surface area is 120 Å². The maximum absolute atomic E-state index is 12.7. The van der Waals surface area contributed by atoms with Gasteiger partial charge >= 0.3 is 6.18 Å². The normalized spacial score (nSPS) is 19.7. The Bertz CT molecular complexity index is 636. The standard InChI is InChI=1S/C15H15F3N2O/c16-15(17,18)10-3-4-12-13(5-6-19-14(12)8-10)20-11-2-1-7-21-9-11/h3-6,8,11H,1-2,7,9H2,(H,19,20). The van der Waals surface area contributed by atoms with Crippen molar-refractivity contribution in [3.63, 3.8) is 0 Å². The molecule has 0 spiro atoms. The molecule has 21 heavy (non-hydrogen) atoms. The van der Waals surface area contributed by atoms with Gasteiger partial charge in [0.15, 0.2) is 0 Å². The number of halogens is 3. The lowest BCUT2D eigenvalue weighted by molar-refractivity contribution is -0.137. The lowest BCUT2D eigenvalue weighted by atomic mass is 10.1. The highest BCUT2D eigenvalue weighted by Crippen LogP contribution is 2.32. The summed E-state index contributed by atoms with van der Waals surface area (Å²) >= 11 is 0. The summed E-state index contributed by atoms with van der Waals surface area (Å²) in [7, 11) is 0. The fourth-order valence-electron chi connectivity index (χ4n) is 2.52. The van der Waals surface area contributed by atoms with Crippen LogP contribution in [0.4, 0.5) is 18.9 Å². The van der Waals surface area contributed by atoms with Gasteiger partial charge in [-0.2, -0.15) is 13.2 Å². The minimum absolute atomic E-state index is 0.187. The molecular formula is C15H15F3N2O. The minimum atomic E-state index is -4.35. The van der Waals surface area contributed by atoms with Crippen molar-refractivity contribution in [2.75, 3.05) is 18.5 Å². The molecule has 6 heteroatoms. The van der Waals surface area contributed by atoms with Gasteiger partial charge in [-0.1, -0.05) is 6.07 Å². The van der Waals surface area contributed by atoms with E-state index in [4.69, 9.17) is 4.74 Å². The first-order valence-electron chi connectivity index (χ1n) is 6.84. The quantitative estimate of drug-likeness (QED) is 0.914. The number of fused-ring (bicyclic) bond motifs is 1. The number of alkyl halides is 3. The van der Waals surface area contributed by atoms with Crippen LogP contribution in [0, 0.1) is 0 Å². The van der Waals surface area contributed by atoms with Crippen LogP contribution in [0.3, 0.4) is 0 Å². The molecular weight excluding hydrogens is 281 g/mol. The number of nitrogens with zero attached hydrogens (tertiary/aromatic N) is 1. The topological polar surface area (TPSA) is 34.1 Å². The number of hydrogen-bond acceptors (Lipinski definition) is 3. The number of benzene rings is 1. The molecule has 1 fully saturated rings. The summed E-state index contributed by atoms with van der Waals surface area (Å²) < 4.78 is 43.6. The van der Waals surface area contributed by atoms with E-state index in [1.165, 1.54) is 12.3 Å². The van der Waals surface area contributed by atoms with Gasteiger partial charge in [0.25, 0.3) is 0 Å². The maximum atomic E-state index is 12.7. The molecule has 3 nitrogen and oxygen atoms in total. The van der Waals surface area contributed by atoms with Crippen LogP contribution < -0.4 is 5.32 Å². The van der Waals surface area contributed by atoms with Crippen LogP contribution >= 0.6 is 0 Å². The van der Waals surface area contributed by atoms with Crippen LogP contribution in [-0.2, 0) is 10.9 Å². The number of nitrogens with one attached hydrogen (secondary N) is 1. The molecule has 2 heterocycles. The summed E-state index contributed by atoms with van der Waals surface area (Å²) in [6.07, 6.45) is -0.853. The zero-order valence-corrected chi connectivity index (χ0v) is 11.3. The third-order valence-electron chi connectivity index (χ3n) is 3.59. The van der Waals surface area contributed by atoms with Gasteiger partial charge in [0.1, 0.15) is 0 Å². The summed E-state index contributed by atoms with van der Waals surface area (Å²) in [5.41, 5.74) is 0.455. The van der Waals surface area contributed by atoms with Crippen LogP contribution in [0.5, 0.6) is 0 Å². The van der Waals surface area contributed by atoms with E-state index in [2.05, 4.69) is 10.3 Å². The molecule has 0 amide bonds. The van der Waals surface area contributed by atoms with Crippen molar-refractivity contribution >= 4 is 16.6 Å². The van der Waals surface area contributed by atoms with Crippen molar-refractivity contribution in [2.24, 2.45) is 0 Å². The number of pyridine rings is 1. The Morgan fingerprint density at radius 2 is 2.10 bits per heavy atom. The summed E-state index contributed by atoms with van der Waals surface area (Å²) in [6, 6.07) is 5.61. The molecule has 1 unspecified atom stereocenters. The fraction of sp³-hybridized carbons (Fsp3) is 0.400. The second kappa shape index (κ2) is 5.52. The zero-order chi connectivity index (χ0) is 14.9. The Morgan fingerprint density at radius 1 is 1.24 bits per heavy atom. The number of aromatic nitrogens is 1. The highest BCUT2D eigenvalue weighted by Gasteiger charge is 2.30. The third kappa shape index (κ3) is 3.10. The van der Waals surface area contributed by atoms with Crippen molar-refractivity contribution in [3.05, 3.63) is 36.0 Å². The molecule has 0 aliphatic carbocycles. The van der Waals surface area contributed by atoms with Crippen LogP contribution in [0.15, 0.2) is 30.5 Å². The highest BCUT2D eigenvalue weighted by molar-refractivity contribution is 5.91. The average molecular weight is 296 g/mol. The predicted molar refractivity (Wildman–Crippen MR) is 74.2 cm³/mol. The second-order valence-electron chi connectivity index (χ2n) is 5.15. The SMILES string of the molecule is FC(F)(F)c1ccc2c(NC3CCCOC3)ccnc2c1. The molecule has 1 saturated heterocycles. The van der Waals surface area contributed by atoms with Gasteiger partial charge < -0.3 is 10.1 Å². The van der Waals surface area contributed by atoms with E-state index in [1.54, 1.807) is 6.07 Å². The van der Waals surface area contributed by atoms with E-state index < -0.39 is 11.7 Å². The molecule has 0 saturated carbocycles. The monoisotopic (exact) mass is 296 g/mol. The molecule has 1 N–H and O–H groups in total. The lowest BCUT2D eigenvalue weighted by Gasteiger charge is -2.24. The van der Waals surface area contributed by atoms with Crippen LogP contribution in [0.25, 0.3) is 10.9 Å². The first-order valence-corrected chi connectivity index (χ1v) is 6.84. The molecule has 0 bridgehead atoms. The van der Waals surface area contributed by atoms with E-state index in [0.717, 1.165) is 37.3 Å². The first kappa shape index (κ1) is 14.1. The molecule has 1 aliphatic heterocycles. The Balaban J connectivity index is 1.92. The molecule has 0 radical (unpaired) electrons. The van der Waals surface area contributed by atoms with E-state index in [9.17, 15) is 13.2 Å². The molecule has 112 valence electrons. The molecule has 1 aromatic heterocycles. The molecule has 1 atom stereocenters. The largest absolute Gasteiger partial charge is 0.416 e. The molecule has 1 aliphatic rings. The second-order valence-corrected chi connectivity index (χ2v) is 5.15. The van der Waals surface area contributed by atoms with E-state index in [0.29, 0.717) is 17.5 Å². The Hall–Kier alpha value is -1.82. The van der Waals surface area contributed by atoms with Crippen LogP contribution in [0.1, 0.15) is 18.4 Å².